The molecule has 60 valence electrons. The van der Waals surface area contributed by atoms with Crippen LogP contribution >= 0.6 is 0 Å². The van der Waals surface area contributed by atoms with Gasteiger partial charge in [-0.2, -0.15) is 0 Å². The van der Waals surface area contributed by atoms with Crippen molar-refractivity contribution in [3.8, 4) is 0 Å². The molecule has 0 radical (unpaired) electrons. The standard InChI is InChI=1S/C6H11N5/c1-10(2)6(7)9-11-4-3-8-5-11/h3-5H,1-2H3,(H2,7,9). The van der Waals surface area contributed by atoms with Gasteiger partial charge in [0.15, 0.2) is 0 Å². The summed E-state index contributed by atoms with van der Waals surface area (Å²) in [6.07, 6.45) is 4.94. The molecule has 0 fully saturated rings. The molecule has 5 heteroatoms. The molecule has 0 atom stereocenters. The number of nitrogens with zero attached hydrogens (tertiary/aromatic N) is 4. The number of hydrogen-bond acceptors (Lipinski definition) is 2. The van der Waals surface area contributed by atoms with Crippen LogP contribution in [0.5, 0.6) is 0 Å². The van der Waals surface area contributed by atoms with Crippen LogP contribution < -0.4 is 5.73 Å². The SMILES string of the molecule is CN(C)C(N)=Nn1ccnc1. The Morgan fingerprint density at radius 3 is 2.82 bits per heavy atom. The Morgan fingerprint density at radius 2 is 2.36 bits per heavy atom. The van der Waals surface area contributed by atoms with Gasteiger partial charge in [-0.3, -0.25) is 0 Å². The van der Waals surface area contributed by atoms with E-state index in [4.69, 9.17) is 5.73 Å². The maximum Gasteiger partial charge on any atom is 0.214 e. The van der Waals surface area contributed by atoms with Crippen LogP contribution in [0.25, 0.3) is 0 Å². The summed E-state index contributed by atoms with van der Waals surface area (Å²) in [5, 5.41) is 3.99. The Hall–Kier alpha value is -1.52. The molecule has 1 aromatic rings. The van der Waals surface area contributed by atoms with Crippen molar-refractivity contribution in [2.75, 3.05) is 14.1 Å². The molecule has 0 unspecified atom stereocenters. The van der Waals surface area contributed by atoms with Gasteiger partial charge in [0.25, 0.3) is 0 Å². The van der Waals surface area contributed by atoms with Gasteiger partial charge in [0.1, 0.15) is 6.33 Å². The molecule has 2 N–H and O–H groups in total. The third-order valence-electron chi connectivity index (χ3n) is 1.17. The molecule has 0 aromatic carbocycles. The first kappa shape index (κ1) is 7.59. The third kappa shape index (κ3) is 1.96. The monoisotopic (exact) mass is 153 g/mol. The lowest BCUT2D eigenvalue weighted by Crippen LogP contribution is -2.30. The van der Waals surface area contributed by atoms with Crippen LogP contribution in [0.15, 0.2) is 23.8 Å². The number of hydrogen-bond donors (Lipinski definition) is 1. The first-order chi connectivity index (χ1) is 5.20. The summed E-state index contributed by atoms with van der Waals surface area (Å²) in [5.74, 6) is 0.447. The van der Waals surface area contributed by atoms with Gasteiger partial charge in [-0.15, -0.1) is 5.10 Å². The van der Waals surface area contributed by atoms with Gasteiger partial charge in [0, 0.05) is 26.5 Å². The van der Waals surface area contributed by atoms with E-state index in [1.54, 1.807) is 28.3 Å². The van der Waals surface area contributed by atoms with Crippen molar-refractivity contribution in [1.82, 2.24) is 14.6 Å². The largest absolute Gasteiger partial charge is 0.368 e. The molecule has 0 aliphatic carbocycles. The van der Waals surface area contributed by atoms with Crippen LogP contribution in [0.1, 0.15) is 0 Å². The lowest BCUT2D eigenvalue weighted by atomic mass is 10.8. The Labute approximate surface area is 65.1 Å². The van der Waals surface area contributed by atoms with Crippen LogP contribution in [-0.2, 0) is 0 Å². The van der Waals surface area contributed by atoms with Crippen molar-refractivity contribution < 1.29 is 0 Å². The number of aromatic nitrogens is 2. The molecule has 0 aliphatic rings. The molecule has 0 spiro atoms. The van der Waals surface area contributed by atoms with E-state index in [1.165, 1.54) is 0 Å². The van der Waals surface area contributed by atoms with Gasteiger partial charge in [0.05, 0.1) is 0 Å². The number of imidazole rings is 1. The van der Waals surface area contributed by atoms with E-state index >= 15 is 0 Å². The summed E-state index contributed by atoms with van der Waals surface area (Å²) >= 11 is 0. The summed E-state index contributed by atoms with van der Waals surface area (Å²) < 4.78 is 1.55. The van der Waals surface area contributed by atoms with Gasteiger partial charge < -0.3 is 10.6 Å². The Kier molecular flexibility index (Phi) is 2.10. The average molecular weight is 153 g/mol. The second-order valence-corrected chi connectivity index (χ2v) is 2.30. The highest BCUT2D eigenvalue weighted by Gasteiger charge is 1.92. The quantitative estimate of drug-likeness (QED) is 0.438. The first-order valence-electron chi connectivity index (χ1n) is 3.20. The molecule has 1 heterocycles. The second kappa shape index (κ2) is 3.05. The van der Waals surface area contributed by atoms with Crippen molar-refractivity contribution in [3.05, 3.63) is 18.7 Å². The molecule has 1 aromatic heterocycles. The van der Waals surface area contributed by atoms with Crippen LogP contribution in [-0.4, -0.2) is 34.6 Å². The van der Waals surface area contributed by atoms with Gasteiger partial charge in [-0.1, -0.05) is 0 Å². The molecule has 11 heavy (non-hydrogen) atoms. The fraction of sp³-hybridized carbons (Fsp3) is 0.333. The van der Waals surface area contributed by atoms with E-state index in [0.717, 1.165) is 0 Å². The van der Waals surface area contributed by atoms with Crippen molar-refractivity contribution in [3.63, 3.8) is 0 Å². The maximum absolute atomic E-state index is 5.54. The zero-order chi connectivity index (χ0) is 8.27. The average Bonchev–Trinajstić information content (AvgIpc) is 2.39. The molecule has 0 bridgehead atoms. The predicted molar refractivity (Wildman–Crippen MR) is 42.9 cm³/mol. The highest BCUT2D eigenvalue weighted by molar-refractivity contribution is 5.77. The zero-order valence-corrected chi connectivity index (χ0v) is 6.60. The molecular weight excluding hydrogens is 142 g/mol. The van der Waals surface area contributed by atoms with E-state index in [9.17, 15) is 0 Å². The lowest BCUT2D eigenvalue weighted by Gasteiger charge is -2.09. The van der Waals surface area contributed by atoms with Crippen molar-refractivity contribution >= 4 is 5.96 Å². The van der Waals surface area contributed by atoms with Crippen molar-refractivity contribution in [2.45, 2.75) is 0 Å². The van der Waals surface area contributed by atoms with Gasteiger partial charge in [-0.05, 0) is 0 Å². The lowest BCUT2D eigenvalue weighted by molar-refractivity contribution is 0.602. The fourth-order valence-electron chi connectivity index (χ4n) is 0.519. The van der Waals surface area contributed by atoms with Crippen LogP contribution in [0.3, 0.4) is 0 Å². The van der Waals surface area contributed by atoms with Gasteiger partial charge >= 0.3 is 0 Å². The molecule has 5 nitrogen and oxygen atoms in total. The molecule has 0 amide bonds. The Bertz CT molecular complexity index is 235. The summed E-state index contributed by atoms with van der Waals surface area (Å²) in [6.45, 7) is 0. The third-order valence-corrected chi connectivity index (χ3v) is 1.17. The highest BCUT2D eigenvalue weighted by atomic mass is 15.4. The number of nitrogens with two attached hydrogens (primary N) is 1. The molecular formula is C6H11N5. The number of rotatable bonds is 1. The van der Waals surface area contributed by atoms with Crippen LogP contribution in [0.4, 0.5) is 0 Å². The van der Waals surface area contributed by atoms with E-state index in [1.807, 2.05) is 14.1 Å². The van der Waals surface area contributed by atoms with Gasteiger partial charge in [-0.25, -0.2) is 9.66 Å². The van der Waals surface area contributed by atoms with Crippen LogP contribution in [0.2, 0.25) is 0 Å². The van der Waals surface area contributed by atoms with E-state index in [-0.39, 0.29) is 0 Å². The molecule has 0 saturated heterocycles. The first-order valence-corrected chi connectivity index (χ1v) is 3.20. The van der Waals surface area contributed by atoms with Crippen LogP contribution in [0, 0.1) is 0 Å². The number of guanidine groups is 1. The summed E-state index contributed by atoms with van der Waals surface area (Å²) in [5.41, 5.74) is 5.54. The highest BCUT2D eigenvalue weighted by Crippen LogP contribution is 1.84. The molecule has 1 rings (SSSR count). The second-order valence-electron chi connectivity index (χ2n) is 2.30. The van der Waals surface area contributed by atoms with Crippen molar-refractivity contribution in [2.24, 2.45) is 10.8 Å². The van der Waals surface area contributed by atoms with Gasteiger partial charge in [0.2, 0.25) is 5.96 Å². The molecule has 0 aliphatic heterocycles. The maximum atomic E-state index is 5.54. The van der Waals surface area contributed by atoms with E-state index in [2.05, 4.69) is 10.1 Å². The topological polar surface area (TPSA) is 59.4 Å². The van der Waals surface area contributed by atoms with E-state index < -0.39 is 0 Å². The minimum atomic E-state index is 0.447. The normalized spacial score (nSPS) is 11.6. The van der Waals surface area contributed by atoms with E-state index in [0.29, 0.717) is 5.96 Å². The fourth-order valence-corrected chi connectivity index (χ4v) is 0.519. The predicted octanol–water partition coefficient (Wildman–Crippen LogP) is -0.477. The minimum Gasteiger partial charge on any atom is -0.368 e. The summed E-state index contributed by atoms with van der Waals surface area (Å²) in [6, 6.07) is 0. The Morgan fingerprint density at radius 1 is 1.64 bits per heavy atom. The Balaban J connectivity index is 2.74. The van der Waals surface area contributed by atoms with Crippen molar-refractivity contribution in [1.29, 1.82) is 0 Å². The zero-order valence-electron chi connectivity index (χ0n) is 6.60. The smallest absolute Gasteiger partial charge is 0.214 e. The summed E-state index contributed by atoms with van der Waals surface area (Å²) in [4.78, 5) is 5.54. The minimum absolute atomic E-state index is 0.447. The summed E-state index contributed by atoms with van der Waals surface area (Å²) in [7, 11) is 3.66. The molecule has 0 saturated carbocycles.